The van der Waals surface area contributed by atoms with Crippen molar-refractivity contribution in [3.63, 3.8) is 0 Å². The number of thioether (sulfide) groups is 1. The number of aromatic nitrogens is 1. The molecule has 7 heteroatoms. The number of hydrogen-bond acceptors (Lipinski definition) is 5. The molecule has 2 aromatic heterocycles. The minimum absolute atomic E-state index is 0.0981. The van der Waals surface area contributed by atoms with Gasteiger partial charge in [-0.2, -0.15) is 5.26 Å². The number of halogens is 1. The number of anilines is 1. The van der Waals surface area contributed by atoms with Gasteiger partial charge in [-0.15, -0.1) is 11.3 Å². The topological polar surface area (TPSA) is 65.8 Å². The number of benzene rings is 1. The summed E-state index contributed by atoms with van der Waals surface area (Å²) in [6.45, 7) is 0. The fourth-order valence-electron chi connectivity index (χ4n) is 3.53. The predicted molar refractivity (Wildman–Crippen MR) is 115 cm³/mol. The maximum absolute atomic E-state index is 13.3. The van der Waals surface area contributed by atoms with Gasteiger partial charge in [0, 0.05) is 5.69 Å². The molecule has 4 nitrogen and oxygen atoms in total. The highest BCUT2D eigenvalue weighted by Gasteiger charge is 2.23. The fourth-order valence-corrected chi connectivity index (χ4v) is 5.08. The highest BCUT2D eigenvalue weighted by molar-refractivity contribution is 8.00. The van der Waals surface area contributed by atoms with E-state index in [0.717, 1.165) is 41.8 Å². The molecule has 0 atom stereocenters. The van der Waals surface area contributed by atoms with Crippen molar-refractivity contribution in [2.24, 2.45) is 0 Å². The minimum Gasteiger partial charge on any atom is -0.325 e. The van der Waals surface area contributed by atoms with Crippen LogP contribution in [0.2, 0.25) is 0 Å². The van der Waals surface area contributed by atoms with Crippen LogP contribution in [0.4, 0.5) is 10.1 Å². The summed E-state index contributed by atoms with van der Waals surface area (Å²) in [6.07, 6.45) is 3.94. The summed E-state index contributed by atoms with van der Waals surface area (Å²) < 4.78 is 13.3. The van der Waals surface area contributed by atoms with E-state index < -0.39 is 5.82 Å². The zero-order valence-corrected chi connectivity index (χ0v) is 17.2. The lowest BCUT2D eigenvalue weighted by atomic mass is 9.88. The van der Waals surface area contributed by atoms with Crippen LogP contribution in [0.15, 0.2) is 46.8 Å². The second-order valence-electron chi connectivity index (χ2n) is 6.74. The van der Waals surface area contributed by atoms with Crippen molar-refractivity contribution < 1.29 is 9.18 Å². The SMILES string of the molecule is N#Cc1c(SCC(=O)Nc2cccc(F)c2)nc(-c2cccs2)c2c1CCCC2. The van der Waals surface area contributed by atoms with Gasteiger partial charge in [0.15, 0.2) is 0 Å². The maximum atomic E-state index is 13.3. The lowest BCUT2D eigenvalue weighted by Gasteiger charge is -2.21. The number of nitrogens with zero attached hydrogens (tertiary/aromatic N) is 2. The van der Waals surface area contributed by atoms with Gasteiger partial charge in [0.2, 0.25) is 5.91 Å². The van der Waals surface area contributed by atoms with Crippen LogP contribution in [0, 0.1) is 17.1 Å². The summed E-state index contributed by atoms with van der Waals surface area (Å²) in [6, 6.07) is 12.1. The number of hydrogen-bond donors (Lipinski definition) is 1. The van der Waals surface area contributed by atoms with Crippen LogP contribution in [0.25, 0.3) is 10.6 Å². The van der Waals surface area contributed by atoms with Gasteiger partial charge in [-0.25, -0.2) is 9.37 Å². The molecule has 3 aromatic rings. The molecule has 0 aliphatic heterocycles. The second kappa shape index (κ2) is 8.76. The van der Waals surface area contributed by atoms with Crippen molar-refractivity contribution in [2.45, 2.75) is 30.7 Å². The molecule has 1 aromatic carbocycles. The van der Waals surface area contributed by atoms with E-state index in [0.29, 0.717) is 16.3 Å². The predicted octanol–water partition coefficient (Wildman–Crippen LogP) is 5.43. The lowest BCUT2D eigenvalue weighted by molar-refractivity contribution is -0.113. The Bertz CT molecular complexity index is 1090. The van der Waals surface area contributed by atoms with Crippen molar-refractivity contribution >= 4 is 34.7 Å². The smallest absolute Gasteiger partial charge is 0.234 e. The summed E-state index contributed by atoms with van der Waals surface area (Å²) in [7, 11) is 0. The highest BCUT2D eigenvalue weighted by atomic mass is 32.2. The zero-order chi connectivity index (χ0) is 20.2. The number of nitrogens with one attached hydrogen (secondary N) is 1. The zero-order valence-electron chi connectivity index (χ0n) is 15.6. The Hall–Kier alpha value is -2.69. The fraction of sp³-hybridized carbons (Fsp3) is 0.227. The van der Waals surface area contributed by atoms with E-state index in [1.54, 1.807) is 23.5 Å². The first-order chi connectivity index (χ1) is 14.2. The molecule has 0 radical (unpaired) electrons. The molecule has 0 spiro atoms. The monoisotopic (exact) mass is 423 g/mol. The standard InChI is InChI=1S/C22H18FN3OS2/c23-14-5-3-6-15(11-14)25-20(27)13-29-22-18(12-24)16-7-1-2-8-17(16)21(26-22)19-9-4-10-28-19/h3-6,9-11H,1-2,7-8,13H2,(H,25,27). The van der Waals surface area contributed by atoms with Gasteiger partial charge in [-0.05, 0) is 66.5 Å². The number of amides is 1. The van der Waals surface area contributed by atoms with Crippen LogP contribution in [0.1, 0.15) is 29.5 Å². The molecular formula is C22H18FN3OS2. The normalized spacial score (nSPS) is 12.8. The summed E-state index contributed by atoms with van der Waals surface area (Å²) in [5.74, 6) is -0.568. The van der Waals surface area contributed by atoms with E-state index in [4.69, 9.17) is 4.98 Å². The Balaban J connectivity index is 1.60. The number of fused-ring (bicyclic) bond motifs is 1. The largest absolute Gasteiger partial charge is 0.325 e. The van der Waals surface area contributed by atoms with E-state index >= 15 is 0 Å². The van der Waals surface area contributed by atoms with E-state index in [-0.39, 0.29) is 11.7 Å². The average Bonchev–Trinajstić information content (AvgIpc) is 3.26. The van der Waals surface area contributed by atoms with E-state index in [9.17, 15) is 14.4 Å². The van der Waals surface area contributed by atoms with Gasteiger partial charge < -0.3 is 5.32 Å². The van der Waals surface area contributed by atoms with Gasteiger partial charge in [-0.3, -0.25) is 4.79 Å². The van der Waals surface area contributed by atoms with Gasteiger partial charge in [0.1, 0.15) is 16.9 Å². The Kier molecular flexibility index (Phi) is 5.93. The van der Waals surface area contributed by atoms with Crippen molar-refractivity contribution in [3.05, 3.63) is 64.3 Å². The van der Waals surface area contributed by atoms with Crippen LogP contribution in [-0.2, 0) is 17.6 Å². The van der Waals surface area contributed by atoms with Gasteiger partial charge in [-0.1, -0.05) is 23.9 Å². The number of carbonyl (C=O) groups excluding carboxylic acids is 1. The second-order valence-corrected chi connectivity index (χ2v) is 8.65. The van der Waals surface area contributed by atoms with Crippen LogP contribution in [0.5, 0.6) is 0 Å². The summed E-state index contributed by atoms with van der Waals surface area (Å²) in [5, 5.41) is 15.1. The van der Waals surface area contributed by atoms with Gasteiger partial charge >= 0.3 is 0 Å². The lowest BCUT2D eigenvalue weighted by Crippen LogP contribution is -2.15. The van der Waals surface area contributed by atoms with Crippen LogP contribution >= 0.6 is 23.1 Å². The molecule has 0 saturated carbocycles. The third-order valence-electron chi connectivity index (χ3n) is 4.80. The molecular weight excluding hydrogens is 405 g/mol. The minimum atomic E-state index is -0.404. The van der Waals surface area contributed by atoms with Gasteiger partial charge in [0.25, 0.3) is 0 Å². The molecule has 2 heterocycles. The first kappa shape index (κ1) is 19.6. The quantitative estimate of drug-likeness (QED) is 0.556. The molecule has 29 heavy (non-hydrogen) atoms. The Morgan fingerprint density at radius 2 is 2.07 bits per heavy atom. The van der Waals surface area contributed by atoms with Crippen molar-refractivity contribution in [3.8, 4) is 16.6 Å². The summed E-state index contributed by atoms with van der Waals surface area (Å²) >= 11 is 2.88. The number of nitriles is 1. The molecule has 0 fully saturated rings. The number of carbonyl (C=O) groups is 1. The molecule has 0 saturated heterocycles. The molecule has 0 bridgehead atoms. The third-order valence-corrected chi connectivity index (χ3v) is 6.65. The number of pyridine rings is 1. The van der Waals surface area contributed by atoms with E-state index in [1.807, 2.05) is 17.5 Å². The Morgan fingerprint density at radius 3 is 2.79 bits per heavy atom. The maximum Gasteiger partial charge on any atom is 0.234 e. The molecule has 1 amide bonds. The molecule has 146 valence electrons. The van der Waals surface area contributed by atoms with Crippen LogP contribution in [-0.4, -0.2) is 16.6 Å². The number of rotatable bonds is 5. The third kappa shape index (κ3) is 4.34. The first-order valence-corrected chi connectivity index (χ1v) is 11.2. The summed E-state index contributed by atoms with van der Waals surface area (Å²) in [4.78, 5) is 18.2. The summed E-state index contributed by atoms with van der Waals surface area (Å²) in [5.41, 5.74) is 4.17. The van der Waals surface area contributed by atoms with Crippen molar-refractivity contribution in [2.75, 3.05) is 11.1 Å². The van der Waals surface area contributed by atoms with Crippen LogP contribution in [0.3, 0.4) is 0 Å². The van der Waals surface area contributed by atoms with Gasteiger partial charge in [0.05, 0.1) is 21.9 Å². The molecule has 1 aliphatic rings. The highest BCUT2D eigenvalue weighted by Crippen LogP contribution is 2.38. The Morgan fingerprint density at radius 1 is 1.24 bits per heavy atom. The molecule has 4 rings (SSSR count). The van der Waals surface area contributed by atoms with E-state index in [1.165, 1.54) is 29.5 Å². The van der Waals surface area contributed by atoms with E-state index in [2.05, 4.69) is 11.4 Å². The Labute approximate surface area is 176 Å². The molecule has 0 unspecified atom stereocenters. The first-order valence-electron chi connectivity index (χ1n) is 9.33. The van der Waals surface area contributed by atoms with Crippen molar-refractivity contribution in [1.82, 2.24) is 4.98 Å². The number of thiophene rings is 1. The van der Waals surface area contributed by atoms with Crippen molar-refractivity contribution in [1.29, 1.82) is 5.26 Å². The average molecular weight is 424 g/mol. The van der Waals surface area contributed by atoms with Crippen LogP contribution < -0.4 is 5.32 Å². The molecule has 1 aliphatic carbocycles. The molecule has 1 N–H and O–H groups in total.